The van der Waals surface area contributed by atoms with Crippen LogP contribution in [0.5, 0.6) is 0 Å². The van der Waals surface area contributed by atoms with Crippen molar-refractivity contribution in [2.24, 2.45) is 0 Å². The Bertz CT molecular complexity index is 5720. The van der Waals surface area contributed by atoms with E-state index in [0.29, 0.717) is 11.8 Å². The predicted molar refractivity (Wildman–Crippen MR) is 417 cm³/mol. The monoisotopic (exact) mass is 1300 g/mol. The quantitative estimate of drug-likeness (QED) is 0.102. The van der Waals surface area contributed by atoms with Gasteiger partial charge in [-0.25, -0.2) is 15.0 Å². The number of allylic oxidation sites excluding steroid dienone is 1. The average molecular weight is 1310 g/mol. The second-order valence-corrected chi connectivity index (χ2v) is 25.9. The van der Waals surface area contributed by atoms with Gasteiger partial charge < -0.3 is 8.83 Å². The minimum Gasteiger partial charge on any atom is -0.436 e. The molecule has 1 atom stereocenters. The Kier molecular flexibility index (Phi) is 16.0. The van der Waals surface area contributed by atoms with E-state index in [1.807, 2.05) is 36.5 Å². The van der Waals surface area contributed by atoms with Crippen LogP contribution in [0, 0.1) is 0 Å². The number of fused-ring (bicyclic) bond motifs is 2. The van der Waals surface area contributed by atoms with Gasteiger partial charge in [0.25, 0.3) is 0 Å². The lowest BCUT2D eigenvalue weighted by atomic mass is 9.83. The van der Waals surface area contributed by atoms with Gasteiger partial charge in [0.05, 0.1) is 22.8 Å². The highest BCUT2D eigenvalue weighted by molar-refractivity contribution is 6.01. The lowest BCUT2D eigenvalue weighted by Gasteiger charge is -2.21. The molecule has 0 bridgehead atoms. The van der Waals surface area contributed by atoms with Crippen LogP contribution in [0.2, 0.25) is 0 Å². The van der Waals surface area contributed by atoms with Gasteiger partial charge in [-0.2, -0.15) is 0 Å². The Hall–Kier alpha value is -13.4. The van der Waals surface area contributed by atoms with Gasteiger partial charge in [-0.05, 0) is 156 Å². The number of benzene rings is 13. The molecule has 0 saturated carbocycles. The molecular weight excluding hydrogens is 1240 g/mol. The molecule has 4 aromatic heterocycles. The molecular formula is C96H64N4O2. The number of hydrogen-bond acceptors (Lipinski definition) is 6. The molecule has 1 aliphatic carbocycles. The van der Waals surface area contributed by atoms with Crippen LogP contribution in [-0.4, -0.2) is 19.9 Å². The van der Waals surface area contributed by atoms with Gasteiger partial charge in [0, 0.05) is 51.1 Å². The molecule has 17 aromatic rings. The third-order valence-electron chi connectivity index (χ3n) is 19.8. The Morgan fingerprint density at radius 1 is 0.255 bits per heavy atom. The zero-order valence-corrected chi connectivity index (χ0v) is 55.6. The van der Waals surface area contributed by atoms with Crippen molar-refractivity contribution in [3.8, 4) is 146 Å². The zero-order valence-electron chi connectivity index (χ0n) is 55.6. The van der Waals surface area contributed by atoms with E-state index in [2.05, 4.69) is 334 Å². The van der Waals surface area contributed by atoms with E-state index >= 15 is 0 Å². The third kappa shape index (κ3) is 12.0. The van der Waals surface area contributed by atoms with Crippen molar-refractivity contribution in [1.29, 1.82) is 0 Å². The van der Waals surface area contributed by atoms with E-state index < -0.39 is 0 Å². The molecule has 0 fully saturated rings. The van der Waals surface area contributed by atoms with E-state index in [4.69, 9.17) is 28.8 Å². The first-order chi connectivity index (χ1) is 50.5. The van der Waals surface area contributed by atoms with Crippen LogP contribution >= 0.6 is 0 Å². The topological polar surface area (TPSA) is 77.8 Å². The molecule has 0 aliphatic heterocycles. The molecule has 1 unspecified atom stereocenters. The summed E-state index contributed by atoms with van der Waals surface area (Å²) in [7, 11) is 0. The Morgan fingerprint density at radius 3 is 1.08 bits per heavy atom. The first-order valence-corrected chi connectivity index (χ1v) is 34.6. The Balaban J connectivity index is 0.619. The molecule has 0 spiro atoms. The van der Waals surface area contributed by atoms with Crippen LogP contribution in [0.25, 0.3) is 162 Å². The first-order valence-electron chi connectivity index (χ1n) is 34.6. The fourth-order valence-corrected chi connectivity index (χ4v) is 14.3. The van der Waals surface area contributed by atoms with Gasteiger partial charge in [0.1, 0.15) is 5.52 Å². The second-order valence-electron chi connectivity index (χ2n) is 25.9. The molecule has 102 heavy (non-hydrogen) atoms. The standard InChI is InChI=1S/C96H64N4O2/c1-5-15-63(16-6-1)67-24-42-76(43-25-67)84-56-58-86(78-46-30-69(31-47-78)65-19-9-3-10-20-65)93-91(84)99-95(101-93)81-52-36-73(37-53-81)71-28-40-75(41-29-71)83-60-61-89(88-23-13-14-62-97-88)98-90(83)80-50-34-72(35-51-80)74-38-54-82(55-39-74)96-100-92-85(77-44-26-68(27-45-77)64-17-7-2-8-18-64)57-59-87(94(92)102-96)79-48-32-70(33-49-79)66-21-11-4-12-22-66/h1-56,58-62,85H,57H2. The second kappa shape index (κ2) is 26.8. The number of oxazole rings is 2. The van der Waals surface area contributed by atoms with Crippen LogP contribution in [0.15, 0.2) is 379 Å². The maximum atomic E-state index is 6.93. The van der Waals surface area contributed by atoms with E-state index in [1.165, 1.54) is 38.9 Å². The van der Waals surface area contributed by atoms with Crippen LogP contribution in [0.3, 0.4) is 0 Å². The summed E-state index contributed by atoms with van der Waals surface area (Å²) in [5.74, 6) is 2.01. The van der Waals surface area contributed by atoms with Crippen LogP contribution in [0.1, 0.15) is 34.9 Å². The number of pyridine rings is 2. The molecule has 0 radical (unpaired) electrons. The van der Waals surface area contributed by atoms with Gasteiger partial charge in [-0.3, -0.25) is 4.98 Å². The van der Waals surface area contributed by atoms with Crippen molar-refractivity contribution >= 4 is 16.7 Å². The van der Waals surface area contributed by atoms with Gasteiger partial charge in [0.15, 0.2) is 11.3 Å². The molecule has 6 heteroatoms. The summed E-state index contributed by atoms with van der Waals surface area (Å²) in [5.41, 5.74) is 31.1. The molecule has 4 heterocycles. The van der Waals surface area contributed by atoms with Crippen molar-refractivity contribution in [1.82, 2.24) is 19.9 Å². The smallest absolute Gasteiger partial charge is 0.227 e. The molecule has 0 amide bonds. The third-order valence-corrected chi connectivity index (χ3v) is 19.8. The van der Waals surface area contributed by atoms with Crippen molar-refractivity contribution in [3.63, 3.8) is 0 Å². The SMILES string of the molecule is C1=C(c2ccc(-c3ccccc3)cc2)c2oc(-c3ccc(-c4ccc(-c5nc(-c6ccccn6)ccc5-c5ccc(-c6ccc(-c7nc8c(-c9ccc(-c%10ccccc%10)cc9)ccc(-c9ccc(-c%10ccccc%10)cc9)c8o7)cc6)cc5)cc4)cc3)nc2C(c2ccc(-c3ccccc3)cc2)C1. The van der Waals surface area contributed by atoms with E-state index in [0.717, 1.165) is 141 Å². The van der Waals surface area contributed by atoms with Crippen molar-refractivity contribution in [2.75, 3.05) is 0 Å². The summed E-state index contributed by atoms with van der Waals surface area (Å²) in [6.07, 6.45) is 4.94. The van der Waals surface area contributed by atoms with Crippen LogP contribution in [0.4, 0.5) is 0 Å². The lowest BCUT2D eigenvalue weighted by Crippen LogP contribution is -2.08. The number of aromatic nitrogens is 4. The lowest BCUT2D eigenvalue weighted by molar-refractivity contribution is 0.554. The molecule has 0 N–H and O–H groups in total. The fourth-order valence-electron chi connectivity index (χ4n) is 14.3. The zero-order chi connectivity index (χ0) is 67.7. The highest BCUT2D eigenvalue weighted by atomic mass is 16.4. The maximum Gasteiger partial charge on any atom is 0.227 e. The summed E-state index contributed by atoms with van der Waals surface area (Å²) < 4.78 is 13.8. The minimum absolute atomic E-state index is 0.0307. The van der Waals surface area contributed by atoms with Gasteiger partial charge in [0.2, 0.25) is 11.8 Å². The summed E-state index contributed by atoms with van der Waals surface area (Å²) in [4.78, 5) is 20.7. The largest absolute Gasteiger partial charge is 0.436 e. The molecule has 0 saturated heterocycles. The first kappa shape index (κ1) is 61.0. The molecule has 13 aromatic carbocycles. The van der Waals surface area contributed by atoms with Crippen molar-refractivity contribution < 1.29 is 8.83 Å². The highest BCUT2D eigenvalue weighted by Crippen LogP contribution is 2.46. The average Bonchev–Trinajstić information content (AvgIpc) is 1.57. The minimum atomic E-state index is 0.0307. The predicted octanol–water partition coefficient (Wildman–Crippen LogP) is 25.2. The maximum absolute atomic E-state index is 6.93. The number of nitrogens with zero attached hydrogens (tertiary/aromatic N) is 4. The van der Waals surface area contributed by atoms with E-state index in [1.54, 1.807) is 0 Å². The van der Waals surface area contributed by atoms with Crippen molar-refractivity contribution in [3.05, 3.63) is 393 Å². The number of rotatable bonds is 15. The summed E-state index contributed by atoms with van der Waals surface area (Å²) in [5, 5.41) is 0. The van der Waals surface area contributed by atoms with Gasteiger partial charge in [-0.1, -0.05) is 309 Å². The van der Waals surface area contributed by atoms with Crippen LogP contribution in [-0.2, 0) is 0 Å². The van der Waals surface area contributed by atoms with Crippen molar-refractivity contribution in [2.45, 2.75) is 12.3 Å². The number of hydrogen-bond donors (Lipinski definition) is 0. The highest BCUT2D eigenvalue weighted by Gasteiger charge is 2.31. The van der Waals surface area contributed by atoms with Crippen LogP contribution < -0.4 is 0 Å². The summed E-state index contributed by atoms with van der Waals surface area (Å²) in [6.45, 7) is 0. The Labute approximate surface area is 592 Å². The molecule has 6 nitrogen and oxygen atoms in total. The molecule has 1 aliphatic rings. The fraction of sp³-hybridized carbons (Fsp3) is 0.0208. The summed E-state index contributed by atoms with van der Waals surface area (Å²) in [6, 6.07) is 126. The normalized spacial score (nSPS) is 12.6. The van der Waals surface area contributed by atoms with E-state index in [9.17, 15) is 0 Å². The molecule has 18 rings (SSSR count). The van der Waals surface area contributed by atoms with E-state index in [-0.39, 0.29) is 5.92 Å². The summed E-state index contributed by atoms with van der Waals surface area (Å²) >= 11 is 0. The van der Waals surface area contributed by atoms with Gasteiger partial charge >= 0.3 is 0 Å². The Morgan fingerprint density at radius 2 is 0.618 bits per heavy atom. The molecule has 480 valence electrons. The van der Waals surface area contributed by atoms with Gasteiger partial charge in [-0.15, -0.1) is 0 Å².